The van der Waals surface area contributed by atoms with Crippen LogP contribution in [0.3, 0.4) is 0 Å². The van der Waals surface area contributed by atoms with Crippen LogP contribution >= 0.6 is 0 Å². The zero-order chi connectivity index (χ0) is 20.4. The number of alkyl halides is 3. The normalized spacial score (nSPS) is 12.0. The molecule has 28 heavy (non-hydrogen) atoms. The average molecular weight is 408 g/mol. The number of anilines is 1. The summed E-state index contributed by atoms with van der Waals surface area (Å²) in [6, 6.07) is 9.66. The largest absolute Gasteiger partial charge is 0.433 e. The lowest BCUT2D eigenvalue weighted by atomic mass is 10.2. The van der Waals surface area contributed by atoms with Crippen molar-refractivity contribution in [3.05, 3.63) is 66.1 Å². The van der Waals surface area contributed by atoms with Gasteiger partial charge in [0, 0.05) is 36.8 Å². The molecule has 10 heteroatoms. The first-order chi connectivity index (χ1) is 13.1. The van der Waals surface area contributed by atoms with Crippen LogP contribution < -0.4 is 5.32 Å². The molecular formula is C18H15F3N4O2S. The zero-order valence-corrected chi connectivity index (χ0v) is 15.4. The summed E-state index contributed by atoms with van der Waals surface area (Å²) in [5, 5.41) is 2.83. The molecule has 0 bridgehead atoms. The van der Waals surface area contributed by atoms with E-state index in [1.165, 1.54) is 24.3 Å². The topological polar surface area (TPSA) is 84.8 Å². The van der Waals surface area contributed by atoms with Gasteiger partial charge in [-0.1, -0.05) is 6.07 Å². The van der Waals surface area contributed by atoms with E-state index >= 15 is 0 Å². The molecule has 2 aromatic heterocycles. The van der Waals surface area contributed by atoms with E-state index in [2.05, 4.69) is 20.3 Å². The van der Waals surface area contributed by atoms with Gasteiger partial charge in [-0.3, -0.25) is 4.98 Å². The second kappa shape index (κ2) is 7.55. The summed E-state index contributed by atoms with van der Waals surface area (Å²) in [6.45, 7) is 0.231. The molecule has 0 aliphatic rings. The van der Waals surface area contributed by atoms with Gasteiger partial charge in [-0.2, -0.15) is 13.2 Å². The number of nitrogens with zero attached hydrogens (tertiary/aromatic N) is 3. The summed E-state index contributed by atoms with van der Waals surface area (Å²) in [7, 11) is -3.42. The molecule has 3 rings (SSSR count). The van der Waals surface area contributed by atoms with Crippen LogP contribution in [0.4, 0.5) is 19.0 Å². The molecule has 0 saturated heterocycles. The molecule has 0 radical (unpaired) electrons. The second-order valence-corrected chi connectivity index (χ2v) is 7.99. The van der Waals surface area contributed by atoms with Crippen LogP contribution in [0.25, 0.3) is 11.4 Å². The molecule has 0 fully saturated rings. The third-order valence-electron chi connectivity index (χ3n) is 3.75. The fourth-order valence-corrected chi connectivity index (χ4v) is 2.99. The predicted molar refractivity (Wildman–Crippen MR) is 97.1 cm³/mol. The molecule has 0 amide bonds. The maximum Gasteiger partial charge on any atom is 0.433 e. The van der Waals surface area contributed by atoms with E-state index in [1.807, 2.05) is 0 Å². The highest BCUT2D eigenvalue weighted by Crippen LogP contribution is 2.31. The first kappa shape index (κ1) is 19.7. The van der Waals surface area contributed by atoms with Gasteiger partial charge in [-0.25, -0.2) is 18.4 Å². The standard InChI is InChI=1S/C18H15F3N4O2S/c1-28(26,27)14-6-4-13(5-7-14)17-24-15(18(19,20)21)9-16(25-17)23-11-12-3-2-8-22-10-12/h2-10H,11H2,1H3,(H,23,24,25). The maximum atomic E-state index is 13.2. The highest BCUT2D eigenvalue weighted by Gasteiger charge is 2.33. The van der Waals surface area contributed by atoms with Gasteiger partial charge in [0.05, 0.1) is 4.90 Å². The number of rotatable bonds is 5. The van der Waals surface area contributed by atoms with Crippen LogP contribution in [0.15, 0.2) is 59.8 Å². The molecule has 0 spiro atoms. The summed E-state index contributed by atoms with van der Waals surface area (Å²) in [5.41, 5.74) is -0.0602. The van der Waals surface area contributed by atoms with Gasteiger partial charge in [-0.05, 0) is 35.9 Å². The number of hydrogen-bond donors (Lipinski definition) is 1. The smallest absolute Gasteiger partial charge is 0.366 e. The van der Waals surface area contributed by atoms with Gasteiger partial charge in [0.1, 0.15) is 5.82 Å². The molecule has 0 unspecified atom stereocenters. The van der Waals surface area contributed by atoms with Crippen LogP contribution in [0.1, 0.15) is 11.3 Å². The molecular weight excluding hydrogens is 393 g/mol. The first-order valence-corrected chi connectivity index (χ1v) is 9.91. The van der Waals surface area contributed by atoms with E-state index in [1.54, 1.807) is 24.5 Å². The summed E-state index contributed by atoms with van der Waals surface area (Å²) in [6.07, 6.45) is -0.434. The third kappa shape index (κ3) is 4.83. The van der Waals surface area contributed by atoms with Crippen LogP contribution in [0, 0.1) is 0 Å². The van der Waals surface area contributed by atoms with E-state index in [-0.39, 0.29) is 28.6 Å². The summed E-state index contributed by atoms with van der Waals surface area (Å²) >= 11 is 0. The SMILES string of the molecule is CS(=O)(=O)c1ccc(-c2nc(NCc3cccnc3)cc(C(F)(F)F)n2)cc1. The molecule has 0 saturated carbocycles. The van der Waals surface area contributed by atoms with Crippen molar-refractivity contribution in [2.45, 2.75) is 17.6 Å². The number of halogens is 3. The van der Waals surface area contributed by atoms with Crippen molar-refractivity contribution in [1.29, 1.82) is 0 Å². The van der Waals surface area contributed by atoms with Crippen LogP contribution in [0.2, 0.25) is 0 Å². The van der Waals surface area contributed by atoms with Crippen LogP contribution in [-0.2, 0) is 22.6 Å². The minimum Gasteiger partial charge on any atom is -0.366 e. The van der Waals surface area contributed by atoms with Gasteiger partial charge >= 0.3 is 6.18 Å². The van der Waals surface area contributed by atoms with Crippen molar-refractivity contribution in [3.63, 3.8) is 0 Å². The number of pyridine rings is 1. The Kier molecular flexibility index (Phi) is 5.32. The minimum atomic E-state index is -4.66. The highest BCUT2D eigenvalue weighted by atomic mass is 32.2. The Bertz CT molecular complexity index is 1070. The van der Waals surface area contributed by atoms with Crippen LogP contribution in [-0.4, -0.2) is 29.6 Å². The molecule has 2 heterocycles. The van der Waals surface area contributed by atoms with Crippen molar-refractivity contribution >= 4 is 15.7 Å². The second-order valence-electron chi connectivity index (χ2n) is 5.97. The molecule has 3 aromatic rings. The Morgan fingerprint density at radius 1 is 1.07 bits per heavy atom. The van der Waals surface area contributed by atoms with Crippen molar-refractivity contribution in [1.82, 2.24) is 15.0 Å². The zero-order valence-electron chi connectivity index (χ0n) is 14.6. The molecule has 1 aromatic carbocycles. The maximum absolute atomic E-state index is 13.2. The summed E-state index contributed by atoms with van der Waals surface area (Å²) < 4.78 is 62.8. The Hall–Kier alpha value is -3.01. The fourth-order valence-electron chi connectivity index (χ4n) is 2.36. The summed E-state index contributed by atoms with van der Waals surface area (Å²) in [5.74, 6) is -0.170. The van der Waals surface area contributed by atoms with Gasteiger partial charge < -0.3 is 5.32 Å². The Morgan fingerprint density at radius 2 is 1.79 bits per heavy atom. The van der Waals surface area contributed by atoms with Crippen molar-refractivity contribution in [3.8, 4) is 11.4 Å². The Labute approximate surface area is 159 Å². The Morgan fingerprint density at radius 3 is 2.36 bits per heavy atom. The lowest BCUT2D eigenvalue weighted by Gasteiger charge is -2.12. The van der Waals surface area contributed by atoms with Crippen molar-refractivity contribution in [2.24, 2.45) is 0 Å². The van der Waals surface area contributed by atoms with E-state index < -0.39 is 21.7 Å². The monoisotopic (exact) mass is 408 g/mol. The number of sulfone groups is 1. The van der Waals surface area contributed by atoms with Gasteiger partial charge in [0.2, 0.25) is 0 Å². The number of benzene rings is 1. The lowest BCUT2D eigenvalue weighted by molar-refractivity contribution is -0.141. The van der Waals surface area contributed by atoms with E-state index in [0.29, 0.717) is 0 Å². The van der Waals surface area contributed by atoms with Crippen LogP contribution in [0.5, 0.6) is 0 Å². The molecule has 0 aliphatic heterocycles. The van der Waals surface area contributed by atoms with E-state index in [4.69, 9.17) is 0 Å². The van der Waals surface area contributed by atoms with E-state index in [0.717, 1.165) is 17.9 Å². The average Bonchev–Trinajstić information content (AvgIpc) is 2.66. The molecule has 6 nitrogen and oxygen atoms in total. The Balaban J connectivity index is 1.96. The molecule has 0 aliphatic carbocycles. The third-order valence-corrected chi connectivity index (χ3v) is 4.88. The number of hydrogen-bond acceptors (Lipinski definition) is 6. The van der Waals surface area contributed by atoms with Gasteiger partial charge in [0.25, 0.3) is 0 Å². The number of nitrogens with one attached hydrogen (secondary N) is 1. The fraction of sp³-hybridized carbons (Fsp3) is 0.167. The van der Waals surface area contributed by atoms with Gasteiger partial charge in [0.15, 0.2) is 21.4 Å². The first-order valence-electron chi connectivity index (χ1n) is 8.02. The van der Waals surface area contributed by atoms with Crippen molar-refractivity contribution < 1.29 is 21.6 Å². The van der Waals surface area contributed by atoms with Crippen molar-refractivity contribution in [2.75, 3.05) is 11.6 Å². The lowest BCUT2D eigenvalue weighted by Crippen LogP contribution is -2.12. The minimum absolute atomic E-state index is 0.00614. The number of aromatic nitrogens is 3. The van der Waals surface area contributed by atoms with Gasteiger partial charge in [-0.15, -0.1) is 0 Å². The highest BCUT2D eigenvalue weighted by molar-refractivity contribution is 7.90. The molecule has 146 valence electrons. The summed E-state index contributed by atoms with van der Waals surface area (Å²) in [4.78, 5) is 11.7. The molecule has 1 N–H and O–H groups in total. The quantitative estimate of drug-likeness (QED) is 0.695. The molecule has 0 atom stereocenters. The predicted octanol–water partition coefficient (Wildman–Crippen LogP) is 3.57. The van der Waals surface area contributed by atoms with E-state index in [9.17, 15) is 21.6 Å².